The number of hydrogen-bond donors (Lipinski definition) is 3. The monoisotopic (exact) mass is 342 g/mol. The Hall–Kier alpha value is -2.73. The van der Waals surface area contributed by atoms with Gasteiger partial charge in [-0.2, -0.15) is 0 Å². The first kappa shape index (κ1) is 17.1. The van der Waals surface area contributed by atoms with E-state index in [4.69, 9.17) is 9.47 Å². The van der Waals surface area contributed by atoms with Gasteiger partial charge in [0, 0.05) is 17.7 Å². The molecule has 0 saturated carbocycles. The van der Waals surface area contributed by atoms with Gasteiger partial charge in [-0.25, -0.2) is 4.79 Å². The van der Waals surface area contributed by atoms with Crippen molar-refractivity contribution in [2.75, 3.05) is 25.1 Å². The minimum atomic E-state index is -1.13. The molecule has 6 nitrogen and oxygen atoms in total. The van der Waals surface area contributed by atoms with Gasteiger partial charge in [-0.05, 0) is 37.3 Å². The SMILES string of the molecule is CCOc1ccc(NC(=O)NCC2(O)CCOc3ccccc32)cc1. The van der Waals surface area contributed by atoms with Crippen LogP contribution in [0.5, 0.6) is 11.5 Å². The van der Waals surface area contributed by atoms with E-state index in [1.165, 1.54) is 0 Å². The molecular formula is C19H22N2O4. The normalized spacial score (nSPS) is 18.6. The molecule has 1 unspecified atom stereocenters. The molecule has 1 atom stereocenters. The molecule has 6 heteroatoms. The third-order valence-corrected chi connectivity index (χ3v) is 4.13. The maximum Gasteiger partial charge on any atom is 0.319 e. The maximum absolute atomic E-state index is 12.1. The van der Waals surface area contributed by atoms with Gasteiger partial charge in [0.15, 0.2) is 0 Å². The van der Waals surface area contributed by atoms with E-state index in [9.17, 15) is 9.90 Å². The van der Waals surface area contributed by atoms with E-state index < -0.39 is 5.60 Å². The minimum absolute atomic E-state index is 0.107. The molecule has 0 radical (unpaired) electrons. The molecule has 0 spiro atoms. The summed E-state index contributed by atoms with van der Waals surface area (Å²) >= 11 is 0. The highest BCUT2D eigenvalue weighted by atomic mass is 16.5. The Kier molecular flexibility index (Phi) is 5.09. The predicted octanol–water partition coefficient (Wildman–Crippen LogP) is 2.88. The maximum atomic E-state index is 12.1. The minimum Gasteiger partial charge on any atom is -0.494 e. The first-order valence-corrected chi connectivity index (χ1v) is 8.33. The van der Waals surface area contributed by atoms with Crippen molar-refractivity contribution >= 4 is 11.7 Å². The highest BCUT2D eigenvalue weighted by molar-refractivity contribution is 5.89. The van der Waals surface area contributed by atoms with Crippen molar-refractivity contribution in [1.29, 1.82) is 0 Å². The third-order valence-electron chi connectivity index (χ3n) is 4.13. The number of carbonyl (C=O) groups excluding carboxylic acids is 1. The number of amides is 2. The second-order valence-electron chi connectivity index (χ2n) is 5.89. The van der Waals surface area contributed by atoms with E-state index in [0.717, 1.165) is 5.75 Å². The number of urea groups is 1. The Labute approximate surface area is 146 Å². The molecule has 0 saturated heterocycles. The number of ether oxygens (including phenoxy) is 2. The molecule has 132 valence electrons. The molecule has 0 aromatic heterocycles. The van der Waals surface area contributed by atoms with Gasteiger partial charge in [0.1, 0.15) is 17.1 Å². The van der Waals surface area contributed by atoms with Gasteiger partial charge in [0.25, 0.3) is 0 Å². The van der Waals surface area contributed by atoms with Crippen LogP contribution in [-0.4, -0.2) is 30.9 Å². The van der Waals surface area contributed by atoms with Crippen LogP contribution in [0.4, 0.5) is 10.5 Å². The molecule has 0 bridgehead atoms. The quantitative estimate of drug-likeness (QED) is 0.781. The summed E-state index contributed by atoms with van der Waals surface area (Å²) in [6.07, 6.45) is 0.424. The molecule has 1 aliphatic heterocycles. The topological polar surface area (TPSA) is 79.8 Å². The van der Waals surface area contributed by atoms with Gasteiger partial charge in [-0.1, -0.05) is 18.2 Å². The zero-order valence-electron chi connectivity index (χ0n) is 14.1. The van der Waals surface area contributed by atoms with E-state index in [1.54, 1.807) is 24.3 Å². The van der Waals surface area contributed by atoms with Crippen molar-refractivity contribution < 1.29 is 19.4 Å². The van der Waals surface area contributed by atoms with Crippen LogP contribution >= 0.6 is 0 Å². The van der Waals surface area contributed by atoms with Gasteiger partial charge in [0.05, 0.1) is 19.8 Å². The summed E-state index contributed by atoms with van der Waals surface area (Å²) in [6.45, 7) is 3.03. The first-order valence-electron chi connectivity index (χ1n) is 8.33. The van der Waals surface area contributed by atoms with Crippen molar-refractivity contribution in [2.45, 2.75) is 18.9 Å². The summed E-state index contributed by atoms with van der Waals surface area (Å²) in [7, 11) is 0. The largest absolute Gasteiger partial charge is 0.494 e. The third kappa shape index (κ3) is 4.03. The Morgan fingerprint density at radius 3 is 2.76 bits per heavy atom. The van der Waals surface area contributed by atoms with E-state index in [-0.39, 0.29) is 12.6 Å². The predicted molar refractivity (Wildman–Crippen MR) is 95.1 cm³/mol. The number of rotatable bonds is 5. The summed E-state index contributed by atoms with van der Waals surface area (Å²) < 4.78 is 10.9. The van der Waals surface area contributed by atoms with Crippen LogP contribution in [0.3, 0.4) is 0 Å². The Morgan fingerprint density at radius 1 is 1.24 bits per heavy atom. The average molecular weight is 342 g/mol. The van der Waals surface area contributed by atoms with Crippen molar-refractivity contribution in [3.8, 4) is 11.5 Å². The summed E-state index contributed by atoms with van der Waals surface area (Å²) in [6, 6.07) is 14.1. The smallest absolute Gasteiger partial charge is 0.319 e. The van der Waals surface area contributed by atoms with Crippen molar-refractivity contribution in [1.82, 2.24) is 5.32 Å². The molecule has 2 aromatic carbocycles. The number of benzene rings is 2. The summed E-state index contributed by atoms with van der Waals surface area (Å²) in [5.41, 5.74) is 0.216. The molecule has 2 amide bonds. The average Bonchev–Trinajstić information content (AvgIpc) is 2.63. The molecule has 3 rings (SSSR count). The lowest BCUT2D eigenvalue weighted by molar-refractivity contribution is 0.000398. The van der Waals surface area contributed by atoms with Crippen LogP contribution in [0.15, 0.2) is 48.5 Å². The highest BCUT2D eigenvalue weighted by Crippen LogP contribution is 2.36. The van der Waals surface area contributed by atoms with E-state index >= 15 is 0 Å². The zero-order chi connectivity index (χ0) is 17.7. The van der Waals surface area contributed by atoms with Crippen LogP contribution in [0.25, 0.3) is 0 Å². The Morgan fingerprint density at radius 2 is 2.00 bits per heavy atom. The van der Waals surface area contributed by atoms with Gasteiger partial charge in [0.2, 0.25) is 0 Å². The fourth-order valence-corrected chi connectivity index (χ4v) is 2.83. The van der Waals surface area contributed by atoms with Crippen LogP contribution in [0.1, 0.15) is 18.9 Å². The van der Waals surface area contributed by atoms with Gasteiger partial charge >= 0.3 is 6.03 Å². The van der Waals surface area contributed by atoms with Gasteiger partial charge in [-0.15, -0.1) is 0 Å². The fourth-order valence-electron chi connectivity index (χ4n) is 2.83. The molecule has 25 heavy (non-hydrogen) atoms. The second-order valence-corrected chi connectivity index (χ2v) is 5.89. The van der Waals surface area contributed by atoms with E-state index in [0.29, 0.717) is 36.6 Å². The highest BCUT2D eigenvalue weighted by Gasteiger charge is 2.35. The van der Waals surface area contributed by atoms with Crippen LogP contribution in [0.2, 0.25) is 0 Å². The van der Waals surface area contributed by atoms with Crippen LogP contribution in [0, 0.1) is 0 Å². The number of carbonyl (C=O) groups is 1. The molecular weight excluding hydrogens is 320 g/mol. The molecule has 2 aromatic rings. The number of anilines is 1. The van der Waals surface area contributed by atoms with E-state index in [1.807, 2.05) is 31.2 Å². The zero-order valence-corrected chi connectivity index (χ0v) is 14.1. The van der Waals surface area contributed by atoms with Gasteiger partial charge < -0.3 is 25.2 Å². The first-order chi connectivity index (χ1) is 12.1. The lowest BCUT2D eigenvalue weighted by Gasteiger charge is -2.34. The molecule has 1 heterocycles. The summed E-state index contributed by atoms with van der Waals surface area (Å²) in [4.78, 5) is 12.1. The lowest BCUT2D eigenvalue weighted by Crippen LogP contribution is -2.45. The molecule has 3 N–H and O–H groups in total. The number of aliphatic hydroxyl groups is 1. The Bertz CT molecular complexity index is 732. The van der Waals surface area contributed by atoms with Crippen molar-refractivity contribution in [3.63, 3.8) is 0 Å². The number of hydrogen-bond acceptors (Lipinski definition) is 4. The van der Waals surface area contributed by atoms with Crippen LogP contribution < -0.4 is 20.1 Å². The number of fused-ring (bicyclic) bond motifs is 1. The molecule has 0 fully saturated rings. The second kappa shape index (κ2) is 7.44. The molecule has 1 aliphatic rings. The number of para-hydroxylation sites is 1. The van der Waals surface area contributed by atoms with Crippen molar-refractivity contribution in [2.24, 2.45) is 0 Å². The fraction of sp³-hybridized carbons (Fsp3) is 0.316. The number of nitrogens with one attached hydrogen (secondary N) is 2. The van der Waals surface area contributed by atoms with E-state index in [2.05, 4.69) is 10.6 Å². The summed E-state index contributed by atoms with van der Waals surface area (Å²) in [5, 5.41) is 16.4. The van der Waals surface area contributed by atoms with Crippen molar-refractivity contribution in [3.05, 3.63) is 54.1 Å². The standard InChI is InChI=1S/C19H22N2O4/c1-2-24-15-9-7-14(8-10-15)21-18(22)20-13-19(23)11-12-25-17-6-4-3-5-16(17)19/h3-10,23H,2,11-13H2,1H3,(H2,20,21,22). The Balaban J connectivity index is 1.59. The van der Waals surface area contributed by atoms with Gasteiger partial charge in [-0.3, -0.25) is 0 Å². The molecule has 0 aliphatic carbocycles. The van der Waals surface area contributed by atoms with Crippen LogP contribution in [-0.2, 0) is 5.60 Å². The lowest BCUT2D eigenvalue weighted by atomic mass is 9.88. The summed E-state index contributed by atoms with van der Waals surface area (Å²) in [5.74, 6) is 1.41.